The Hall–Kier alpha value is -4.68. The molecule has 2 aromatic heterocycles. The summed E-state index contributed by atoms with van der Waals surface area (Å²) < 4.78 is 0. The Morgan fingerprint density at radius 1 is 0.604 bits per heavy atom. The van der Waals surface area contributed by atoms with Crippen molar-refractivity contribution in [3.8, 4) is 22.3 Å². The average Bonchev–Trinajstić information content (AvgIpc) is 3.62. The van der Waals surface area contributed by atoms with E-state index in [4.69, 9.17) is 46.1 Å². The van der Waals surface area contributed by atoms with Crippen molar-refractivity contribution >= 4 is 58.5 Å². The molecule has 0 spiro atoms. The number of hydrogen-bond donors (Lipinski definition) is 4. The highest BCUT2D eigenvalue weighted by molar-refractivity contribution is 6.31. The van der Waals surface area contributed by atoms with Crippen molar-refractivity contribution in [3.63, 3.8) is 0 Å². The smallest absolute Gasteiger partial charge is 0.222 e. The van der Waals surface area contributed by atoms with Crippen LogP contribution < -0.4 is 22.9 Å². The van der Waals surface area contributed by atoms with Gasteiger partial charge in [0.05, 0.1) is 11.4 Å². The Balaban J connectivity index is 0.000000188. The van der Waals surface area contributed by atoms with Crippen LogP contribution in [0.25, 0.3) is 22.3 Å². The summed E-state index contributed by atoms with van der Waals surface area (Å²) >= 11 is 11.7. The van der Waals surface area contributed by atoms with Crippen LogP contribution in [-0.4, -0.2) is 68.7 Å². The summed E-state index contributed by atoms with van der Waals surface area (Å²) in [6, 6.07) is 14.8. The molecule has 0 atom stereocenters. The molecule has 0 bridgehead atoms. The molecule has 2 aliphatic rings. The molecule has 48 heavy (non-hydrogen) atoms. The van der Waals surface area contributed by atoms with Gasteiger partial charge in [0.15, 0.2) is 0 Å². The number of likely N-dealkylation sites (tertiary alicyclic amines) is 2. The molecule has 0 unspecified atom stereocenters. The van der Waals surface area contributed by atoms with Crippen LogP contribution in [0.2, 0.25) is 10.0 Å². The summed E-state index contributed by atoms with van der Waals surface area (Å²) in [6.07, 6.45) is 5.11. The standard InChI is InChI=1S/2C12H13ClN4.2C5H9NO/c2*1-2-9-10(11(14)17-12(15)16-9)7-3-5-8(13)6-4-7;2*1-6-4-2-3-5(6)7/h2*3-6H,2H2,1H3,(H4,14,15,16,17);2*2-4H2,1H3. The number of aryl methyl sites for hydroxylation is 2. The predicted molar refractivity (Wildman–Crippen MR) is 195 cm³/mol. The van der Waals surface area contributed by atoms with Crippen molar-refractivity contribution in [1.82, 2.24) is 29.7 Å². The van der Waals surface area contributed by atoms with Crippen molar-refractivity contribution in [3.05, 3.63) is 70.0 Å². The number of amides is 2. The van der Waals surface area contributed by atoms with Crippen LogP contribution in [-0.2, 0) is 22.4 Å². The molecule has 2 aromatic carbocycles. The van der Waals surface area contributed by atoms with Crippen LogP contribution in [0, 0.1) is 0 Å². The van der Waals surface area contributed by atoms with E-state index in [0.717, 1.165) is 85.3 Å². The molecule has 4 heterocycles. The number of nitrogen functional groups attached to an aromatic ring is 4. The molecular formula is C34H44Cl2N10O2. The second kappa shape index (κ2) is 18.0. The third-order valence-corrected chi connectivity index (χ3v) is 8.12. The summed E-state index contributed by atoms with van der Waals surface area (Å²) in [7, 11) is 3.69. The number of hydrogen-bond acceptors (Lipinski definition) is 10. The van der Waals surface area contributed by atoms with E-state index in [-0.39, 0.29) is 11.9 Å². The highest BCUT2D eigenvalue weighted by Gasteiger charge is 2.15. The molecule has 8 N–H and O–H groups in total. The molecule has 0 saturated carbocycles. The van der Waals surface area contributed by atoms with E-state index in [1.165, 1.54) is 0 Å². The fourth-order valence-corrected chi connectivity index (χ4v) is 5.28. The van der Waals surface area contributed by atoms with Crippen molar-refractivity contribution in [1.29, 1.82) is 0 Å². The Morgan fingerprint density at radius 2 is 0.938 bits per heavy atom. The van der Waals surface area contributed by atoms with Crippen molar-refractivity contribution in [2.24, 2.45) is 0 Å². The van der Waals surface area contributed by atoms with Crippen LogP contribution in [0.4, 0.5) is 23.5 Å². The first-order chi connectivity index (χ1) is 22.8. The van der Waals surface area contributed by atoms with E-state index in [2.05, 4.69) is 19.9 Å². The van der Waals surface area contributed by atoms with Crippen LogP contribution in [0.5, 0.6) is 0 Å². The van der Waals surface area contributed by atoms with E-state index < -0.39 is 0 Å². The first-order valence-corrected chi connectivity index (χ1v) is 16.4. The van der Waals surface area contributed by atoms with Gasteiger partial charge in [-0.3, -0.25) is 9.59 Å². The van der Waals surface area contributed by atoms with E-state index in [0.29, 0.717) is 33.5 Å². The first-order valence-electron chi connectivity index (χ1n) is 15.7. The lowest BCUT2D eigenvalue weighted by Crippen LogP contribution is -2.17. The number of halogens is 2. The number of carbonyl (C=O) groups is 2. The highest BCUT2D eigenvalue weighted by Crippen LogP contribution is 2.30. The number of rotatable bonds is 4. The number of anilines is 4. The van der Waals surface area contributed by atoms with E-state index in [9.17, 15) is 9.59 Å². The summed E-state index contributed by atoms with van der Waals surface area (Å²) in [5.74, 6) is 1.79. The number of benzene rings is 2. The fourth-order valence-electron chi connectivity index (χ4n) is 5.03. The van der Waals surface area contributed by atoms with Gasteiger partial charge in [-0.25, -0.2) is 9.97 Å². The molecule has 6 rings (SSSR count). The second-order valence-corrected chi connectivity index (χ2v) is 12.0. The monoisotopic (exact) mass is 694 g/mol. The number of nitrogens with zero attached hydrogens (tertiary/aromatic N) is 6. The van der Waals surface area contributed by atoms with E-state index >= 15 is 0 Å². The summed E-state index contributed by atoms with van der Waals surface area (Å²) in [6.45, 7) is 5.92. The lowest BCUT2D eigenvalue weighted by Gasteiger charge is -2.10. The van der Waals surface area contributed by atoms with Gasteiger partial charge in [-0.1, -0.05) is 61.3 Å². The minimum absolute atomic E-state index is 0.206. The van der Waals surface area contributed by atoms with Crippen LogP contribution >= 0.6 is 23.2 Å². The van der Waals surface area contributed by atoms with Crippen molar-refractivity contribution < 1.29 is 9.59 Å². The largest absolute Gasteiger partial charge is 0.383 e. The van der Waals surface area contributed by atoms with Crippen LogP contribution in [0.1, 0.15) is 50.9 Å². The molecule has 2 amide bonds. The molecule has 4 aromatic rings. The van der Waals surface area contributed by atoms with E-state index in [1.54, 1.807) is 9.80 Å². The zero-order chi connectivity index (χ0) is 35.4. The topological polar surface area (TPSA) is 196 Å². The van der Waals surface area contributed by atoms with Crippen molar-refractivity contribution in [2.75, 3.05) is 50.1 Å². The predicted octanol–water partition coefficient (Wildman–Crippen LogP) is 5.52. The summed E-state index contributed by atoms with van der Waals surface area (Å²) in [5, 5.41) is 1.36. The quantitative estimate of drug-likeness (QED) is 0.211. The van der Waals surface area contributed by atoms with Gasteiger partial charge in [-0.05, 0) is 61.1 Å². The molecule has 12 nitrogen and oxygen atoms in total. The average molecular weight is 696 g/mol. The third kappa shape index (κ3) is 10.7. The Kier molecular flexibility index (Phi) is 14.2. The summed E-state index contributed by atoms with van der Waals surface area (Å²) in [4.78, 5) is 40.9. The Bertz CT molecular complexity index is 1560. The molecule has 0 aliphatic carbocycles. The zero-order valence-electron chi connectivity index (χ0n) is 27.8. The molecule has 0 radical (unpaired) electrons. The van der Waals surface area contributed by atoms with Gasteiger partial charge in [-0.15, -0.1) is 0 Å². The lowest BCUT2D eigenvalue weighted by atomic mass is 10.0. The molecular weight excluding hydrogens is 651 g/mol. The van der Waals surface area contributed by atoms with Crippen LogP contribution in [0.15, 0.2) is 48.5 Å². The Labute approximate surface area is 291 Å². The third-order valence-electron chi connectivity index (χ3n) is 7.61. The maximum absolute atomic E-state index is 10.5. The van der Waals surface area contributed by atoms with Gasteiger partial charge < -0.3 is 32.7 Å². The van der Waals surface area contributed by atoms with Gasteiger partial charge in [0.2, 0.25) is 23.7 Å². The van der Waals surface area contributed by atoms with Crippen LogP contribution in [0.3, 0.4) is 0 Å². The minimum Gasteiger partial charge on any atom is -0.383 e. The molecule has 14 heteroatoms. The molecule has 2 fully saturated rings. The van der Waals surface area contributed by atoms with E-state index in [1.807, 2.05) is 76.5 Å². The maximum Gasteiger partial charge on any atom is 0.222 e. The number of carbonyl (C=O) groups excluding carboxylic acids is 2. The SMILES string of the molecule is CCc1nc(N)nc(N)c1-c1ccc(Cl)cc1.CCc1nc(N)nc(N)c1-c1ccc(Cl)cc1.CN1CCCC1=O.CN1CCCC1=O. The summed E-state index contributed by atoms with van der Waals surface area (Å²) in [5.41, 5.74) is 28.2. The van der Waals surface area contributed by atoms with Crippen molar-refractivity contribution in [2.45, 2.75) is 52.4 Å². The van der Waals surface area contributed by atoms with Gasteiger partial charge in [-0.2, -0.15) is 9.97 Å². The second-order valence-electron chi connectivity index (χ2n) is 11.1. The minimum atomic E-state index is 0.206. The van der Waals surface area contributed by atoms with Gasteiger partial charge in [0, 0.05) is 61.2 Å². The van der Waals surface area contributed by atoms with Gasteiger partial charge in [0.1, 0.15) is 11.6 Å². The van der Waals surface area contributed by atoms with Gasteiger partial charge >= 0.3 is 0 Å². The lowest BCUT2D eigenvalue weighted by molar-refractivity contribution is -0.127. The highest BCUT2D eigenvalue weighted by atomic mass is 35.5. The molecule has 256 valence electrons. The normalized spacial score (nSPS) is 13.6. The number of aromatic nitrogens is 4. The first kappa shape index (κ1) is 37.8. The molecule has 2 aliphatic heterocycles. The fraction of sp³-hybridized carbons (Fsp3) is 0.353. The maximum atomic E-state index is 10.5. The van der Waals surface area contributed by atoms with Gasteiger partial charge in [0.25, 0.3) is 0 Å². The Morgan fingerprint density at radius 3 is 1.17 bits per heavy atom. The zero-order valence-corrected chi connectivity index (χ0v) is 29.4. The number of nitrogens with two attached hydrogens (primary N) is 4. The molecule has 2 saturated heterocycles.